The molecule has 0 unspecified atom stereocenters. The highest BCUT2D eigenvalue weighted by molar-refractivity contribution is 6.34. The fourth-order valence-corrected chi connectivity index (χ4v) is 3.83. The van der Waals surface area contributed by atoms with Gasteiger partial charge in [0.05, 0.1) is 10.6 Å². The molecule has 1 saturated heterocycles. The molecule has 2 aromatic carbocycles. The Balaban J connectivity index is 1.50. The van der Waals surface area contributed by atoms with Crippen LogP contribution in [0.4, 0.5) is 5.69 Å². The number of nitrogens with zero attached hydrogens (tertiary/aromatic N) is 2. The molecule has 7 heteroatoms. The lowest BCUT2D eigenvalue weighted by Crippen LogP contribution is -2.48. The second kappa shape index (κ2) is 8.27. The van der Waals surface area contributed by atoms with Crippen molar-refractivity contribution < 1.29 is 9.59 Å². The van der Waals surface area contributed by atoms with Crippen molar-refractivity contribution in [3.05, 3.63) is 64.8 Å². The number of aromatic amines is 1. The first-order valence-corrected chi connectivity index (χ1v) is 10.1. The number of anilines is 1. The first-order chi connectivity index (χ1) is 14.0. The standard InChI is InChI=1S/C22H23ClN4O2/c1-2-26-9-11-27(12-10-26)22(29)20-14-15-13-16(7-8-19(15)25-20)24-21(28)17-5-3-4-6-18(17)23/h3-8,13-14,25H,2,9-12H2,1H3,(H,24,28). The van der Waals surface area contributed by atoms with Crippen LogP contribution in [0.25, 0.3) is 10.9 Å². The average molecular weight is 411 g/mol. The molecule has 0 radical (unpaired) electrons. The molecular formula is C22H23ClN4O2. The van der Waals surface area contributed by atoms with Crippen molar-refractivity contribution in [1.82, 2.24) is 14.8 Å². The number of rotatable bonds is 4. The third kappa shape index (κ3) is 4.13. The van der Waals surface area contributed by atoms with Crippen LogP contribution in [0.1, 0.15) is 27.8 Å². The summed E-state index contributed by atoms with van der Waals surface area (Å²) in [6.45, 7) is 6.43. The van der Waals surface area contributed by atoms with E-state index in [1.54, 1.807) is 24.3 Å². The predicted octanol–water partition coefficient (Wildman–Crippen LogP) is 3.85. The molecule has 29 heavy (non-hydrogen) atoms. The molecule has 4 rings (SSSR count). The van der Waals surface area contributed by atoms with Crippen LogP contribution in [0.5, 0.6) is 0 Å². The molecule has 1 aliphatic heterocycles. The monoisotopic (exact) mass is 410 g/mol. The van der Waals surface area contributed by atoms with Gasteiger partial charge in [0.25, 0.3) is 11.8 Å². The van der Waals surface area contributed by atoms with Gasteiger partial charge < -0.3 is 20.1 Å². The molecule has 1 aromatic heterocycles. The normalized spacial score (nSPS) is 14.9. The van der Waals surface area contributed by atoms with Crippen LogP contribution in [-0.4, -0.2) is 59.3 Å². The van der Waals surface area contributed by atoms with Crippen molar-refractivity contribution in [2.75, 3.05) is 38.0 Å². The molecule has 1 aliphatic rings. The topological polar surface area (TPSA) is 68.4 Å². The van der Waals surface area contributed by atoms with E-state index in [4.69, 9.17) is 11.6 Å². The summed E-state index contributed by atoms with van der Waals surface area (Å²) in [6, 6.07) is 14.3. The van der Waals surface area contributed by atoms with E-state index in [-0.39, 0.29) is 11.8 Å². The molecule has 2 heterocycles. The van der Waals surface area contributed by atoms with Crippen molar-refractivity contribution in [3.8, 4) is 0 Å². The van der Waals surface area contributed by atoms with Crippen molar-refractivity contribution in [3.63, 3.8) is 0 Å². The van der Waals surface area contributed by atoms with Gasteiger partial charge in [-0.1, -0.05) is 30.7 Å². The van der Waals surface area contributed by atoms with Crippen LogP contribution in [-0.2, 0) is 0 Å². The lowest BCUT2D eigenvalue weighted by Gasteiger charge is -2.33. The summed E-state index contributed by atoms with van der Waals surface area (Å²) in [5.74, 6) is -0.255. The fourth-order valence-electron chi connectivity index (χ4n) is 3.61. The first-order valence-electron chi connectivity index (χ1n) is 9.75. The van der Waals surface area contributed by atoms with Gasteiger partial charge in [-0.3, -0.25) is 9.59 Å². The molecule has 0 atom stereocenters. The van der Waals surface area contributed by atoms with E-state index < -0.39 is 0 Å². The summed E-state index contributed by atoms with van der Waals surface area (Å²) in [5, 5.41) is 4.15. The minimum atomic E-state index is -0.268. The highest BCUT2D eigenvalue weighted by Gasteiger charge is 2.22. The van der Waals surface area contributed by atoms with E-state index in [2.05, 4.69) is 22.1 Å². The largest absolute Gasteiger partial charge is 0.351 e. The summed E-state index contributed by atoms with van der Waals surface area (Å²) >= 11 is 6.10. The molecule has 6 nitrogen and oxygen atoms in total. The molecule has 3 aromatic rings. The predicted molar refractivity (Wildman–Crippen MR) is 116 cm³/mol. The van der Waals surface area contributed by atoms with Gasteiger partial charge in [0.2, 0.25) is 0 Å². The van der Waals surface area contributed by atoms with E-state index in [1.807, 2.05) is 29.2 Å². The summed E-state index contributed by atoms with van der Waals surface area (Å²) in [6.07, 6.45) is 0. The number of carbonyl (C=O) groups is 2. The summed E-state index contributed by atoms with van der Waals surface area (Å²) < 4.78 is 0. The zero-order valence-corrected chi connectivity index (χ0v) is 17.0. The van der Waals surface area contributed by atoms with E-state index in [1.165, 1.54) is 0 Å². The second-order valence-electron chi connectivity index (χ2n) is 7.15. The van der Waals surface area contributed by atoms with Crippen molar-refractivity contribution >= 4 is 40.0 Å². The Morgan fingerprint density at radius 3 is 2.55 bits per heavy atom. The molecule has 2 N–H and O–H groups in total. The minimum absolute atomic E-state index is 0.0126. The summed E-state index contributed by atoms with van der Waals surface area (Å²) in [4.78, 5) is 32.7. The van der Waals surface area contributed by atoms with Gasteiger partial charge >= 0.3 is 0 Å². The smallest absolute Gasteiger partial charge is 0.270 e. The third-order valence-electron chi connectivity index (χ3n) is 5.33. The van der Waals surface area contributed by atoms with Gasteiger partial charge in [0.15, 0.2) is 0 Å². The molecule has 0 saturated carbocycles. The zero-order valence-electron chi connectivity index (χ0n) is 16.2. The van der Waals surface area contributed by atoms with Gasteiger partial charge in [0.1, 0.15) is 5.69 Å². The molecular weight excluding hydrogens is 388 g/mol. The Hall–Kier alpha value is -2.83. The molecule has 2 amide bonds. The third-order valence-corrected chi connectivity index (χ3v) is 5.66. The lowest BCUT2D eigenvalue weighted by molar-refractivity contribution is 0.0638. The number of likely N-dealkylation sites (N-methyl/N-ethyl adjacent to an activating group) is 1. The number of benzene rings is 2. The Kier molecular flexibility index (Phi) is 5.56. The highest BCUT2D eigenvalue weighted by atomic mass is 35.5. The van der Waals surface area contributed by atoms with Gasteiger partial charge in [-0.2, -0.15) is 0 Å². The number of amides is 2. The van der Waals surface area contributed by atoms with Crippen LogP contribution in [0.15, 0.2) is 48.5 Å². The van der Waals surface area contributed by atoms with Crippen LogP contribution in [0.3, 0.4) is 0 Å². The number of halogens is 1. The van der Waals surface area contributed by atoms with E-state index >= 15 is 0 Å². The van der Waals surface area contributed by atoms with Gasteiger partial charge in [-0.25, -0.2) is 0 Å². The molecule has 150 valence electrons. The maximum atomic E-state index is 12.8. The van der Waals surface area contributed by atoms with Gasteiger partial charge in [0, 0.05) is 42.8 Å². The fraction of sp³-hybridized carbons (Fsp3) is 0.273. The highest BCUT2D eigenvalue weighted by Crippen LogP contribution is 2.23. The zero-order chi connectivity index (χ0) is 20.4. The SMILES string of the molecule is CCN1CCN(C(=O)c2cc3cc(NC(=O)c4ccccc4Cl)ccc3[nH]2)CC1. The number of fused-ring (bicyclic) bond motifs is 1. The number of carbonyl (C=O) groups excluding carboxylic acids is 2. The summed E-state index contributed by atoms with van der Waals surface area (Å²) in [7, 11) is 0. The van der Waals surface area contributed by atoms with E-state index in [9.17, 15) is 9.59 Å². The van der Waals surface area contributed by atoms with E-state index in [0.717, 1.165) is 43.6 Å². The minimum Gasteiger partial charge on any atom is -0.351 e. The number of aromatic nitrogens is 1. The van der Waals surface area contributed by atoms with Crippen LogP contribution in [0.2, 0.25) is 5.02 Å². The number of nitrogens with one attached hydrogen (secondary N) is 2. The quantitative estimate of drug-likeness (QED) is 0.686. The number of piperazine rings is 1. The maximum absolute atomic E-state index is 12.8. The number of H-pyrrole nitrogens is 1. The number of hydrogen-bond acceptors (Lipinski definition) is 3. The number of hydrogen-bond donors (Lipinski definition) is 2. The van der Waals surface area contributed by atoms with Crippen LogP contribution < -0.4 is 5.32 Å². The molecule has 0 bridgehead atoms. The Labute approximate surface area is 174 Å². The van der Waals surface area contributed by atoms with Crippen molar-refractivity contribution in [2.24, 2.45) is 0 Å². The van der Waals surface area contributed by atoms with Crippen LogP contribution in [0, 0.1) is 0 Å². The van der Waals surface area contributed by atoms with Crippen molar-refractivity contribution in [1.29, 1.82) is 0 Å². The first kappa shape index (κ1) is 19.5. The molecule has 0 spiro atoms. The van der Waals surface area contributed by atoms with Gasteiger partial charge in [-0.05, 0) is 42.9 Å². The van der Waals surface area contributed by atoms with Crippen LogP contribution >= 0.6 is 11.6 Å². The second-order valence-corrected chi connectivity index (χ2v) is 7.55. The Morgan fingerprint density at radius 1 is 1.07 bits per heavy atom. The van der Waals surface area contributed by atoms with Crippen molar-refractivity contribution in [2.45, 2.75) is 6.92 Å². The molecule has 1 fully saturated rings. The van der Waals surface area contributed by atoms with Gasteiger partial charge in [-0.15, -0.1) is 0 Å². The maximum Gasteiger partial charge on any atom is 0.270 e. The Morgan fingerprint density at radius 2 is 1.83 bits per heavy atom. The Bertz CT molecular complexity index is 1050. The summed E-state index contributed by atoms with van der Waals surface area (Å²) in [5.41, 5.74) is 2.50. The van der Waals surface area contributed by atoms with E-state index in [0.29, 0.717) is 22.0 Å². The lowest BCUT2D eigenvalue weighted by atomic mass is 10.2. The average Bonchev–Trinajstić information content (AvgIpc) is 3.17. The molecule has 0 aliphatic carbocycles.